The van der Waals surface area contributed by atoms with Crippen molar-refractivity contribution in [3.05, 3.63) is 29.3 Å². The Hall–Kier alpha value is -1.59. The second kappa shape index (κ2) is 9.53. The van der Waals surface area contributed by atoms with Crippen LogP contribution in [-0.4, -0.2) is 38.9 Å². The first-order valence-electron chi connectivity index (χ1n) is 8.39. The number of methoxy groups -OCH3 is 1. The molecule has 0 spiro atoms. The molecular weight excluding hydrogens is 294 g/mol. The van der Waals surface area contributed by atoms with Crippen LogP contribution in [0.15, 0.2) is 18.2 Å². The summed E-state index contributed by atoms with van der Waals surface area (Å²) in [6, 6.07) is 5.44. The summed E-state index contributed by atoms with van der Waals surface area (Å²) in [6.45, 7) is 4.66. The van der Waals surface area contributed by atoms with E-state index in [0.717, 1.165) is 50.2 Å². The van der Waals surface area contributed by atoms with Gasteiger partial charge in [0, 0.05) is 30.9 Å². The number of benzene rings is 1. The van der Waals surface area contributed by atoms with Gasteiger partial charge in [-0.3, -0.25) is 4.79 Å². The third-order valence-electron chi connectivity index (χ3n) is 3.96. The Labute approximate surface area is 138 Å². The molecule has 1 atom stereocenters. The molecule has 128 valence electrons. The quantitative estimate of drug-likeness (QED) is 0.711. The van der Waals surface area contributed by atoms with Crippen molar-refractivity contribution in [3.8, 4) is 5.75 Å². The van der Waals surface area contributed by atoms with Crippen molar-refractivity contribution in [1.82, 2.24) is 5.32 Å². The normalized spacial score (nSPS) is 17.2. The van der Waals surface area contributed by atoms with Gasteiger partial charge in [-0.2, -0.15) is 0 Å². The van der Waals surface area contributed by atoms with Gasteiger partial charge in [0.1, 0.15) is 5.75 Å². The van der Waals surface area contributed by atoms with Crippen molar-refractivity contribution in [2.45, 2.75) is 45.3 Å². The summed E-state index contributed by atoms with van der Waals surface area (Å²) in [6.07, 6.45) is 4.36. The highest BCUT2D eigenvalue weighted by Gasteiger charge is 2.17. The molecule has 1 amide bonds. The maximum absolute atomic E-state index is 12.3. The van der Waals surface area contributed by atoms with E-state index in [4.69, 9.17) is 14.2 Å². The third kappa shape index (κ3) is 5.52. The lowest BCUT2D eigenvalue weighted by Gasteiger charge is -2.13. The number of amides is 1. The molecule has 5 nitrogen and oxygen atoms in total. The van der Waals surface area contributed by atoms with Crippen LogP contribution in [0.2, 0.25) is 0 Å². The summed E-state index contributed by atoms with van der Waals surface area (Å²) in [5, 5.41) is 2.94. The summed E-state index contributed by atoms with van der Waals surface area (Å²) in [7, 11) is 1.63. The Morgan fingerprint density at radius 3 is 3.00 bits per heavy atom. The fourth-order valence-electron chi connectivity index (χ4n) is 2.58. The molecule has 1 aromatic rings. The number of rotatable bonds is 9. The number of hydrogen-bond donors (Lipinski definition) is 1. The highest BCUT2D eigenvalue weighted by atomic mass is 16.5. The first-order chi connectivity index (χ1) is 11.2. The van der Waals surface area contributed by atoms with Crippen molar-refractivity contribution in [3.63, 3.8) is 0 Å². The summed E-state index contributed by atoms with van der Waals surface area (Å²) < 4.78 is 16.5. The van der Waals surface area contributed by atoms with Crippen molar-refractivity contribution < 1.29 is 19.0 Å². The van der Waals surface area contributed by atoms with E-state index >= 15 is 0 Å². The van der Waals surface area contributed by atoms with Crippen molar-refractivity contribution in [1.29, 1.82) is 0 Å². The van der Waals surface area contributed by atoms with E-state index in [1.807, 2.05) is 12.1 Å². The molecule has 1 saturated heterocycles. The molecule has 0 saturated carbocycles. The highest BCUT2D eigenvalue weighted by Crippen LogP contribution is 2.21. The van der Waals surface area contributed by atoms with Crippen molar-refractivity contribution >= 4 is 5.91 Å². The van der Waals surface area contributed by atoms with Gasteiger partial charge in [-0.1, -0.05) is 13.3 Å². The zero-order valence-electron chi connectivity index (χ0n) is 14.1. The molecule has 1 fully saturated rings. The molecule has 1 aliphatic heterocycles. The van der Waals surface area contributed by atoms with E-state index in [2.05, 4.69) is 12.2 Å². The maximum Gasteiger partial charge on any atom is 0.251 e. The largest absolute Gasteiger partial charge is 0.496 e. The molecule has 1 unspecified atom stereocenters. The van der Waals surface area contributed by atoms with Crippen molar-refractivity contribution in [2.24, 2.45) is 0 Å². The van der Waals surface area contributed by atoms with E-state index in [0.29, 0.717) is 18.7 Å². The van der Waals surface area contributed by atoms with Gasteiger partial charge in [0.15, 0.2) is 0 Å². The number of ether oxygens (including phenoxy) is 3. The molecule has 1 aliphatic rings. The minimum absolute atomic E-state index is 0.0852. The highest BCUT2D eigenvalue weighted by molar-refractivity contribution is 5.94. The van der Waals surface area contributed by atoms with E-state index in [-0.39, 0.29) is 12.0 Å². The molecule has 2 rings (SSSR count). The zero-order chi connectivity index (χ0) is 16.5. The number of carbonyl (C=O) groups is 1. The molecule has 0 radical (unpaired) electrons. The predicted octanol–water partition coefficient (Wildman–Crippen LogP) is 2.92. The van der Waals surface area contributed by atoms with Crippen LogP contribution in [0.3, 0.4) is 0 Å². The molecule has 0 aliphatic carbocycles. The summed E-state index contributed by atoms with van der Waals surface area (Å²) in [4.78, 5) is 12.3. The minimum Gasteiger partial charge on any atom is -0.496 e. The van der Waals surface area contributed by atoms with Gasteiger partial charge in [0.2, 0.25) is 0 Å². The molecule has 1 N–H and O–H groups in total. The van der Waals surface area contributed by atoms with E-state index in [1.165, 1.54) is 0 Å². The fourth-order valence-corrected chi connectivity index (χ4v) is 2.58. The predicted molar refractivity (Wildman–Crippen MR) is 88.9 cm³/mol. The Morgan fingerprint density at radius 2 is 2.30 bits per heavy atom. The lowest BCUT2D eigenvalue weighted by atomic mass is 10.1. The van der Waals surface area contributed by atoms with Crippen LogP contribution >= 0.6 is 0 Å². The molecule has 5 heteroatoms. The Kier molecular flexibility index (Phi) is 7.36. The van der Waals surface area contributed by atoms with E-state index < -0.39 is 0 Å². The lowest BCUT2D eigenvalue weighted by Crippen LogP contribution is -2.31. The second-order valence-electron chi connectivity index (χ2n) is 5.78. The van der Waals surface area contributed by atoms with Crippen LogP contribution in [0.1, 0.15) is 48.5 Å². The maximum atomic E-state index is 12.3. The van der Waals surface area contributed by atoms with E-state index in [9.17, 15) is 4.79 Å². The average molecular weight is 321 g/mol. The third-order valence-corrected chi connectivity index (χ3v) is 3.96. The molecule has 0 aromatic heterocycles. The number of nitrogens with one attached hydrogen (secondary N) is 1. The van der Waals surface area contributed by atoms with Crippen LogP contribution in [0.25, 0.3) is 0 Å². The first-order valence-corrected chi connectivity index (χ1v) is 8.39. The summed E-state index contributed by atoms with van der Waals surface area (Å²) >= 11 is 0. The van der Waals surface area contributed by atoms with Gasteiger partial charge in [-0.15, -0.1) is 0 Å². The smallest absolute Gasteiger partial charge is 0.251 e. The SMILES string of the molecule is CCCCOCc1cc(C(=O)NCC2CCCO2)ccc1OC. The van der Waals surface area contributed by atoms with Crippen LogP contribution in [-0.2, 0) is 16.1 Å². The average Bonchev–Trinajstić information content (AvgIpc) is 3.10. The zero-order valence-corrected chi connectivity index (χ0v) is 14.1. The Balaban J connectivity index is 1.93. The lowest BCUT2D eigenvalue weighted by molar-refractivity contribution is 0.0857. The summed E-state index contributed by atoms with van der Waals surface area (Å²) in [5.74, 6) is 0.662. The van der Waals surface area contributed by atoms with Gasteiger partial charge in [0.05, 0.1) is 19.8 Å². The number of unbranched alkanes of at least 4 members (excludes halogenated alkanes) is 1. The van der Waals surface area contributed by atoms with Gasteiger partial charge >= 0.3 is 0 Å². The van der Waals surface area contributed by atoms with Gasteiger partial charge in [0.25, 0.3) is 5.91 Å². The fraction of sp³-hybridized carbons (Fsp3) is 0.611. The van der Waals surface area contributed by atoms with Gasteiger partial charge in [-0.05, 0) is 37.5 Å². The van der Waals surface area contributed by atoms with Crippen molar-refractivity contribution in [2.75, 3.05) is 26.9 Å². The molecular formula is C18H27NO4. The molecule has 23 heavy (non-hydrogen) atoms. The van der Waals surface area contributed by atoms with Gasteiger partial charge in [-0.25, -0.2) is 0 Å². The van der Waals surface area contributed by atoms with Crippen LogP contribution in [0, 0.1) is 0 Å². The second-order valence-corrected chi connectivity index (χ2v) is 5.78. The number of carbonyl (C=O) groups excluding carboxylic acids is 1. The topological polar surface area (TPSA) is 56.8 Å². The van der Waals surface area contributed by atoms with E-state index in [1.54, 1.807) is 13.2 Å². The van der Waals surface area contributed by atoms with Crippen LogP contribution in [0.4, 0.5) is 0 Å². The minimum atomic E-state index is -0.0852. The Bertz CT molecular complexity index is 498. The summed E-state index contributed by atoms with van der Waals surface area (Å²) in [5.41, 5.74) is 1.52. The van der Waals surface area contributed by atoms with Crippen LogP contribution in [0.5, 0.6) is 5.75 Å². The monoisotopic (exact) mass is 321 g/mol. The molecule has 1 heterocycles. The van der Waals surface area contributed by atoms with Crippen LogP contribution < -0.4 is 10.1 Å². The number of hydrogen-bond acceptors (Lipinski definition) is 4. The standard InChI is InChI=1S/C18H27NO4/c1-3-4-9-22-13-15-11-14(7-8-17(15)21-2)18(20)19-12-16-6-5-10-23-16/h7-8,11,16H,3-6,9-10,12-13H2,1-2H3,(H,19,20). The van der Waals surface area contributed by atoms with Gasteiger partial charge < -0.3 is 19.5 Å². The first kappa shape index (κ1) is 17.8. The molecule has 0 bridgehead atoms. The Morgan fingerprint density at radius 1 is 1.43 bits per heavy atom. The molecule has 1 aromatic carbocycles.